The molecule has 1 amide bonds. The maximum atomic E-state index is 11.7. The van der Waals surface area contributed by atoms with Crippen molar-refractivity contribution in [3.63, 3.8) is 0 Å². The Morgan fingerprint density at radius 1 is 1.15 bits per heavy atom. The van der Waals surface area contributed by atoms with Gasteiger partial charge in [0.15, 0.2) is 0 Å². The van der Waals surface area contributed by atoms with Crippen LogP contribution in [0, 0.1) is 5.92 Å². The summed E-state index contributed by atoms with van der Waals surface area (Å²) in [5.74, 6) is 1.09. The number of nitrogens with zero attached hydrogens (tertiary/aromatic N) is 1. The Hall–Kier alpha value is -0.610. The lowest BCUT2D eigenvalue weighted by Gasteiger charge is -2.33. The van der Waals surface area contributed by atoms with Gasteiger partial charge >= 0.3 is 0 Å². The molecule has 116 valence electrons. The topological polar surface area (TPSA) is 41.6 Å². The number of likely N-dealkylation sites (tertiary alicyclic amines) is 1. The van der Waals surface area contributed by atoms with Crippen molar-refractivity contribution in [3.8, 4) is 0 Å². The zero-order valence-corrected chi connectivity index (χ0v) is 12.9. The molecule has 0 radical (unpaired) electrons. The second-order valence-electron chi connectivity index (χ2n) is 6.33. The van der Waals surface area contributed by atoms with Crippen LogP contribution >= 0.6 is 0 Å². The van der Waals surface area contributed by atoms with Crippen molar-refractivity contribution in [2.24, 2.45) is 5.92 Å². The molecule has 0 atom stereocenters. The minimum atomic E-state index is 0.133. The summed E-state index contributed by atoms with van der Waals surface area (Å²) in [5.41, 5.74) is 0. The second kappa shape index (κ2) is 8.63. The van der Waals surface area contributed by atoms with E-state index in [-0.39, 0.29) is 12.5 Å². The number of hydrogen-bond donors (Lipinski definition) is 1. The maximum Gasteiger partial charge on any atom is 0.248 e. The van der Waals surface area contributed by atoms with Gasteiger partial charge in [0.05, 0.1) is 0 Å². The van der Waals surface area contributed by atoms with Crippen molar-refractivity contribution in [1.82, 2.24) is 10.2 Å². The van der Waals surface area contributed by atoms with Crippen molar-refractivity contribution in [2.75, 3.05) is 33.4 Å². The number of rotatable bonds is 6. The molecular weight excluding hydrogens is 252 g/mol. The van der Waals surface area contributed by atoms with E-state index in [1.54, 1.807) is 7.11 Å². The first-order valence-electron chi connectivity index (χ1n) is 8.29. The lowest BCUT2D eigenvalue weighted by atomic mass is 9.87. The standard InChI is InChI=1S/C16H30N2O2/c1-20-13-16(19)18-11-8-15(9-12-18)17-10-7-14-5-3-2-4-6-14/h14-15,17H,2-13H2,1H3. The fourth-order valence-electron chi connectivity index (χ4n) is 3.52. The summed E-state index contributed by atoms with van der Waals surface area (Å²) in [6.07, 6.45) is 10.7. The Balaban J connectivity index is 1.56. The molecular formula is C16H30N2O2. The molecule has 0 aromatic rings. The molecule has 2 aliphatic rings. The highest BCUT2D eigenvalue weighted by Crippen LogP contribution is 2.25. The van der Waals surface area contributed by atoms with Crippen LogP contribution in [0.2, 0.25) is 0 Å². The fraction of sp³-hybridized carbons (Fsp3) is 0.938. The van der Waals surface area contributed by atoms with Gasteiger partial charge in [0.2, 0.25) is 5.91 Å². The van der Waals surface area contributed by atoms with Gasteiger partial charge in [-0.05, 0) is 31.7 Å². The summed E-state index contributed by atoms with van der Waals surface area (Å²) in [6, 6.07) is 0.602. The van der Waals surface area contributed by atoms with E-state index in [0.717, 1.165) is 38.4 Å². The normalized spacial score (nSPS) is 22.1. The van der Waals surface area contributed by atoms with E-state index in [1.807, 2.05) is 4.90 Å². The highest BCUT2D eigenvalue weighted by Gasteiger charge is 2.22. The van der Waals surface area contributed by atoms with E-state index in [1.165, 1.54) is 38.5 Å². The summed E-state index contributed by atoms with van der Waals surface area (Å²) >= 11 is 0. The Morgan fingerprint density at radius 3 is 2.50 bits per heavy atom. The Morgan fingerprint density at radius 2 is 1.85 bits per heavy atom. The molecule has 1 heterocycles. The minimum Gasteiger partial charge on any atom is -0.375 e. The second-order valence-corrected chi connectivity index (χ2v) is 6.33. The Kier molecular flexibility index (Phi) is 6.80. The average Bonchev–Trinajstić information content (AvgIpc) is 2.49. The van der Waals surface area contributed by atoms with Gasteiger partial charge in [-0.25, -0.2) is 0 Å². The molecule has 0 aromatic heterocycles. The van der Waals surface area contributed by atoms with Crippen molar-refractivity contribution >= 4 is 5.91 Å². The van der Waals surface area contributed by atoms with Crippen LogP contribution in [-0.2, 0) is 9.53 Å². The average molecular weight is 282 g/mol. The molecule has 0 bridgehead atoms. The molecule has 0 unspecified atom stereocenters. The van der Waals surface area contributed by atoms with Gasteiger partial charge in [0, 0.05) is 26.2 Å². The molecule has 1 N–H and O–H groups in total. The lowest BCUT2D eigenvalue weighted by Crippen LogP contribution is -2.46. The summed E-state index contributed by atoms with van der Waals surface area (Å²) in [7, 11) is 1.58. The van der Waals surface area contributed by atoms with Gasteiger partial charge in [0.1, 0.15) is 6.61 Å². The fourth-order valence-corrected chi connectivity index (χ4v) is 3.52. The summed E-state index contributed by atoms with van der Waals surface area (Å²) < 4.78 is 4.91. The van der Waals surface area contributed by atoms with Gasteiger partial charge in [-0.2, -0.15) is 0 Å². The summed E-state index contributed by atoms with van der Waals surface area (Å²) in [5, 5.41) is 3.69. The predicted molar refractivity (Wildman–Crippen MR) is 80.7 cm³/mol. The van der Waals surface area contributed by atoms with E-state index in [2.05, 4.69) is 5.32 Å². The summed E-state index contributed by atoms with van der Waals surface area (Å²) in [6.45, 7) is 3.13. The number of ether oxygens (including phenoxy) is 1. The van der Waals surface area contributed by atoms with Crippen LogP contribution in [0.4, 0.5) is 0 Å². The highest BCUT2D eigenvalue weighted by molar-refractivity contribution is 5.77. The lowest BCUT2D eigenvalue weighted by molar-refractivity contribution is -0.136. The van der Waals surface area contributed by atoms with Crippen LogP contribution in [0.1, 0.15) is 51.4 Å². The van der Waals surface area contributed by atoms with Crippen LogP contribution in [0.25, 0.3) is 0 Å². The van der Waals surface area contributed by atoms with Crippen molar-refractivity contribution in [3.05, 3.63) is 0 Å². The van der Waals surface area contributed by atoms with Crippen molar-refractivity contribution in [2.45, 2.75) is 57.4 Å². The van der Waals surface area contributed by atoms with Gasteiger partial charge in [-0.15, -0.1) is 0 Å². The zero-order chi connectivity index (χ0) is 14.2. The number of methoxy groups -OCH3 is 1. The number of carbonyl (C=O) groups excluding carboxylic acids is 1. The molecule has 0 aromatic carbocycles. The zero-order valence-electron chi connectivity index (χ0n) is 12.9. The van der Waals surface area contributed by atoms with Crippen LogP contribution in [0.15, 0.2) is 0 Å². The first-order valence-corrected chi connectivity index (χ1v) is 8.29. The van der Waals surface area contributed by atoms with E-state index < -0.39 is 0 Å². The first-order chi connectivity index (χ1) is 9.79. The van der Waals surface area contributed by atoms with Gasteiger partial charge < -0.3 is 15.0 Å². The van der Waals surface area contributed by atoms with Crippen LogP contribution in [0.5, 0.6) is 0 Å². The predicted octanol–water partition coefficient (Wildman–Crippen LogP) is 2.18. The number of amides is 1. The molecule has 4 nitrogen and oxygen atoms in total. The van der Waals surface area contributed by atoms with Gasteiger partial charge in [0.25, 0.3) is 0 Å². The largest absolute Gasteiger partial charge is 0.375 e. The molecule has 2 rings (SSSR count). The third-order valence-corrected chi connectivity index (χ3v) is 4.83. The SMILES string of the molecule is COCC(=O)N1CCC(NCCC2CCCCC2)CC1. The van der Waals surface area contributed by atoms with Crippen molar-refractivity contribution in [1.29, 1.82) is 0 Å². The van der Waals surface area contributed by atoms with Crippen LogP contribution in [-0.4, -0.2) is 50.2 Å². The third kappa shape index (κ3) is 5.06. The molecule has 20 heavy (non-hydrogen) atoms. The smallest absolute Gasteiger partial charge is 0.248 e. The molecule has 2 fully saturated rings. The molecule has 1 aliphatic carbocycles. The van der Waals surface area contributed by atoms with Crippen LogP contribution < -0.4 is 5.32 Å². The third-order valence-electron chi connectivity index (χ3n) is 4.83. The number of carbonyl (C=O) groups is 1. The highest BCUT2D eigenvalue weighted by atomic mass is 16.5. The van der Waals surface area contributed by atoms with Gasteiger partial charge in [-0.1, -0.05) is 32.1 Å². The van der Waals surface area contributed by atoms with Crippen LogP contribution in [0.3, 0.4) is 0 Å². The van der Waals surface area contributed by atoms with E-state index >= 15 is 0 Å². The maximum absolute atomic E-state index is 11.7. The van der Waals surface area contributed by atoms with Gasteiger partial charge in [-0.3, -0.25) is 4.79 Å². The quantitative estimate of drug-likeness (QED) is 0.812. The van der Waals surface area contributed by atoms with E-state index in [0.29, 0.717) is 6.04 Å². The molecule has 1 saturated carbocycles. The van der Waals surface area contributed by atoms with E-state index in [4.69, 9.17) is 4.74 Å². The Labute approximate surface area is 123 Å². The Bertz CT molecular complexity index is 282. The summed E-state index contributed by atoms with van der Waals surface area (Å²) in [4.78, 5) is 13.6. The van der Waals surface area contributed by atoms with E-state index in [9.17, 15) is 4.79 Å². The number of nitrogens with one attached hydrogen (secondary N) is 1. The monoisotopic (exact) mass is 282 g/mol. The molecule has 1 saturated heterocycles. The first kappa shape index (κ1) is 15.8. The van der Waals surface area contributed by atoms with Crippen molar-refractivity contribution < 1.29 is 9.53 Å². The molecule has 1 aliphatic heterocycles. The molecule has 0 spiro atoms. The minimum absolute atomic E-state index is 0.133. The number of piperidine rings is 1. The number of hydrogen-bond acceptors (Lipinski definition) is 3. The molecule has 4 heteroatoms.